The first-order chi connectivity index (χ1) is 10.4. The number of nitrogens with one attached hydrogen (secondary N) is 2. The van der Waals surface area contributed by atoms with E-state index in [4.69, 9.17) is 19.3 Å². The third-order valence-electron chi connectivity index (χ3n) is 2.90. The maximum absolute atomic E-state index is 11.9. The van der Waals surface area contributed by atoms with Gasteiger partial charge in [-0.25, -0.2) is 19.2 Å². The highest BCUT2D eigenvalue weighted by molar-refractivity contribution is 5.95. The van der Waals surface area contributed by atoms with Gasteiger partial charge in [-0.05, 0) is 0 Å². The van der Waals surface area contributed by atoms with Gasteiger partial charge in [-0.1, -0.05) is 0 Å². The van der Waals surface area contributed by atoms with Crippen molar-refractivity contribution < 1.29 is 38.5 Å². The molecule has 2 aliphatic rings. The zero-order chi connectivity index (χ0) is 16.1. The molecule has 120 valence electrons. The second-order valence-electron chi connectivity index (χ2n) is 4.63. The van der Waals surface area contributed by atoms with E-state index >= 15 is 0 Å². The minimum Gasteiger partial charge on any atom is -0.478 e. The van der Waals surface area contributed by atoms with Crippen LogP contribution in [0.15, 0.2) is 11.6 Å². The third kappa shape index (κ3) is 4.36. The van der Waals surface area contributed by atoms with Gasteiger partial charge in [-0.3, -0.25) is 0 Å². The van der Waals surface area contributed by atoms with E-state index in [0.717, 1.165) is 0 Å². The quantitative estimate of drug-likeness (QED) is 0.327. The van der Waals surface area contributed by atoms with E-state index in [1.165, 1.54) is 0 Å². The van der Waals surface area contributed by atoms with Crippen LogP contribution in [0.25, 0.3) is 0 Å². The lowest BCUT2D eigenvalue weighted by atomic mass is 10.1. The van der Waals surface area contributed by atoms with Gasteiger partial charge in [0.05, 0.1) is 13.1 Å². The van der Waals surface area contributed by atoms with Crippen molar-refractivity contribution in [3.63, 3.8) is 0 Å². The van der Waals surface area contributed by atoms with Gasteiger partial charge in [0.25, 0.3) is 0 Å². The lowest BCUT2D eigenvalue weighted by Gasteiger charge is -2.12. The van der Waals surface area contributed by atoms with Gasteiger partial charge < -0.3 is 30.0 Å². The fourth-order valence-electron chi connectivity index (χ4n) is 1.93. The van der Waals surface area contributed by atoms with Gasteiger partial charge in [0.2, 0.25) is 0 Å². The maximum Gasteiger partial charge on any atom is 0.407 e. The Morgan fingerprint density at radius 2 is 1.77 bits per heavy atom. The Morgan fingerprint density at radius 1 is 1.18 bits per heavy atom. The number of hydrogen-bond acceptors (Lipinski definition) is 7. The summed E-state index contributed by atoms with van der Waals surface area (Å²) in [6.45, 7) is 0.179. The summed E-state index contributed by atoms with van der Waals surface area (Å²) in [5.41, 5.74) is -0.147. The van der Waals surface area contributed by atoms with Crippen molar-refractivity contribution in [2.45, 2.75) is 18.6 Å². The summed E-state index contributed by atoms with van der Waals surface area (Å²) in [6, 6.07) is 0. The van der Waals surface area contributed by atoms with Crippen LogP contribution >= 0.6 is 0 Å². The minimum absolute atomic E-state index is 0.0907. The molecule has 2 fully saturated rings. The maximum atomic E-state index is 11.9. The van der Waals surface area contributed by atoms with Crippen LogP contribution in [0.1, 0.15) is 6.42 Å². The Balaban J connectivity index is 1.90. The highest BCUT2D eigenvalue weighted by Crippen LogP contribution is 2.14. The highest BCUT2D eigenvalue weighted by atomic mass is 16.6. The molecule has 0 saturated carbocycles. The van der Waals surface area contributed by atoms with Crippen molar-refractivity contribution >= 4 is 24.1 Å². The molecule has 10 heteroatoms. The molecular weight excluding hydrogens is 300 g/mol. The average Bonchev–Trinajstić information content (AvgIpc) is 3.03. The number of carbonyl (C=O) groups excluding carboxylic acids is 3. The van der Waals surface area contributed by atoms with E-state index in [2.05, 4.69) is 10.6 Å². The molecule has 0 aromatic rings. The predicted octanol–water partition coefficient (Wildman–Crippen LogP) is -0.852. The number of amides is 2. The Labute approximate surface area is 124 Å². The zero-order valence-corrected chi connectivity index (χ0v) is 11.4. The molecule has 2 heterocycles. The molecule has 2 unspecified atom stereocenters. The molecule has 2 rings (SSSR count). The normalized spacial score (nSPS) is 24.1. The van der Waals surface area contributed by atoms with Gasteiger partial charge in [0, 0.05) is 18.1 Å². The summed E-state index contributed by atoms with van der Waals surface area (Å²) in [5, 5.41) is 13.6. The van der Waals surface area contributed by atoms with E-state index in [9.17, 15) is 19.2 Å². The number of alkyl carbamates (subject to hydrolysis) is 2. The van der Waals surface area contributed by atoms with E-state index < -0.39 is 36.3 Å². The molecule has 22 heavy (non-hydrogen) atoms. The molecule has 0 aliphatic carbocycles. The van der Waals surface area contributed by atoms with Crippen molar-refractivity contribution in [2.24, 2.45) is 0 Å². The second kappa shape index (κ2) is 6.78. The first-order valence-electron chi connectivity index (χ1n) is 6.43. The molecule has 0 aromatic heterocycles. The minimum atomic E-state index is -1.32. The molecule has 2 aliphatic heterocycles. The Bertz CT molecular complexity index is 529. The number of rotatable bonds is 6. The number of ether oxygens (including phenoxy) is 3. The zero-order valence-electron chi connectivity index (χ0n) is 11.4. The van der Waals surface area contributed by atoms with Gasteiger partial charge in [0.15, 0.2) is 6.10 Å². The van der Waals surface area contributed by atoms with Crippen LogP contribution < -0.4 is 10.6 Å². The highest BCUT2D eigenvalue weighted by Gasteiger charge is 2.28. The van der Waals surface area contributed by atoms with Crippen molar-refractivity contribution in [2.75, 3.05) is 19.7 Å². The number of carboxylic acid groups (broad SMARTS) is 1. The molecule has 0 aromatic carbocycles. The van der Waals surface area contributed by atoms with Gasteiger partial charge >= 0.3 is 24.1 Å². The fourth-order valence-corrected chi connectivity index (χ4v) is 1.93. The van der Waals surface area contributed by atoms with Gasteiger partial charge in [0.1, 0.15) is 12.7 Å². The monoisotopic (exact) mass is 314 g/mol. The standard InChI is InChI=1S/C12H14N2O8/c15-9(16)2-6(1-7-3-13-11(18)21-7)10(17)20-5-8-4-14-12(19)22-8/h2,7-8H,1,3-5H2,(H,13,18)(H,14,19)(H,15,16). The predicted molar refractivity (Wildman–Crippen MR) is 67.8 cm³/mol. The SMILES string of the molecule is O=C(O)C=C(CC1CNC(=O)O1)C(=O)OCC1CNC(=O)O1. The van der Waals surface area contributed by atoms with Crippen LogP contribution in [0, 0.1) is 0 Å². The van der Waals surface area contributed by atoms with Crippen LogP contribution in [0.3, 0.4) is 0 Å². The molecule has 3 N–H and O–H groups in total. The number of esters is 1. The largest absolute Gasteiger partial charge is 0.478 e. The Morgan fingerprint density at radius 3 is 2.27 bits per heavy atom. The summed E-state index contributed by atoms with van der Waals surface area (Å²) >= 11 is 0. The molecular formula is C12H14N2O8. The van der Waals surface area contributed by atoms with E-state index in [1.54, 1.807) is 0 Å². The lowest BCUT2D eigenvalue weighted by molar-refractivity contribution is -0.142. The molecule has 2 amide bonds. The van der Waals surface area contributed by atoms with Crippen molar-refractivity contribution in [3.05, 3.63) is 11.6 Å². The summed E-state index contributed by atoms with van der Waals surface area (Å²) in [5.74, 6) is -2.19. The van der Waals surface area contributed by atoms with E-state index in [-0.39, 0.29) is 31.7 Å². The first-order valence-corrected chi connectivity index (χ1v) is 6.43. The van der Waals surface area contributed by atoms with Crippen LogP contribution in [-0.2, 0) is 23.8 Å². The molecule has 2 saturated heterocycles. The van der Waals surface area contributed by atoms with E-state index in [0.29, 0.717) is 6.08 Å². The Kier molecular flexibility index (Phi) is 4.81. The molecule has 2 atom stereocenters. The summed E-state index contributed by atoms with van der Waals surface area (Å²) in [6.07, 6.45) is -1.88. The number of carboxylic acids is 1. The van der Waals surface area contributed by atoms with Crippen molar-refractivity contribution in [1.82, 2.24) is 10.6 Å². The van der Waals surface area contributed by atoms with Crippen molar-refractivity contribution in [3.8, 4) is 0 Å². The Hall–Kier alpha value is -2.78. The topological polar surface area (TPSA) is 140 Å². The van der Waals surface area contributed by atoms with Crippen molar-refractivity contribution in [1.29, 1.82) is 0 Å². The molecule has 10 nitrogen and oxygen atoms in total. The number of hydrogen-bond donors (Lipinski definition) is 3. The van der Waals surface area contributed by atoms with E-state index in [1.807, 2.05) is 0 Å². The van der Waals surface area contributed by atoms with Crippen LogP contribution in [0.4, 0.5) is 9.59 Å². The summed E-state index contributed by atoms with van der Waals surface area (Å²) in [7, 11) is 0. The average molecular weight is 314 g/mol. The fraction of sp³-hybridized carbons (Fsp3) is 0.500. The van der Waals surface area contributed by atoms with Crippen LogP contribution in [0.2, 0.25) is 0 Å². The van der Waals surface area contributed by atoms with Crippen LogP contribution in [0.5, 0.6) is 0 Å². The lowest BCUT2D eigenvalue weighted by Crippen LogP contribution is -2.25. The molecule has 0 radical (unpaired) electrons. The number of cyclic esters (lactones) is 2. The smallest absolute Gasteiger partial charge is 0.407 e. The summed E-state index contributed by atoms with van der Waals surface area (Å²) in [4.78, 5) is 44.4. The molecule has 0 spiro atoms. The second-order valence-corrected chi connectivity index (χ2v) is 4.63. The number of aliphatic carboxylic acids is 1. The third-order valence-corrected chi connectivity index (χ3v) is 2.90. The molecule has 0 bridgehead atoms. The first kappa shape index (κ1) is 15.6. The number of carbonyl (C=O) groups is 4. The van der Waals surface area contributed by atoms with Gasteiger partial charge in [-0.15, -0.1) is 0 Å². The van der Waals surface area contributed by atoms with Crippen LogP contribution in [-0.4, -0.2) is 61.1 Å². The summed E-state index contributed by atoms with van der Waals surface area (Å²) < 4.78 is 14.5. The van der Waals surface area contributed by atoms with Gasteiger partial charge in [-0.2, -0.15) is 0 Å².